The number of ether oxygens (including phenoxy) is 2. The van der Waals surface area contributed by atoms with Gasteiger partial charge in [0.05, 0.1) is 32.1 Å². The second-order valence-corrected chi connectivity index (χ2v) is 8.63. The van der Waals surface area contributed by atoms with Crippen LogP contribution < -0.4 is 13.8 Å². The monoisotopic (exact) mass is 434 g/mol. The molecule has 30 heavy (non-hydrogen) atoms. The Hall–Kier alpha value is -3.07. The van der Waals surface area contributed by atoms with Gasteiger partial charge in [-0.15, -0.1) is 0 Å². The highest BCUT2D eigenvalue weighted by atomic mass is 32.2. The Morgan fingerprint density at radius 1 is 1.13 bits per heavy atom. The third-order valence-corrected chi connectivity index (χ3v) is 6.55. The van der Waals surface area contributed by atoms with Gasteiger partial charge in [-0.05, 0) is 42.3 Å². The molecule has 0 aliphatic heterocycles. The number of aromatic amines is 1. The lowest BCUT2D eigenvalue weighted by Crippen LogP contribution is -2.39. The van der Waals surface area contributed by atoms with Crippen molar-refractivity contribution in [2.45, 2.75) is 19.8 Å². The van der Waals surface area contributed by atoms with Crippen LogP contribution in [-0.4, -0.2) is 39.3 Å². The van der Waals surface area contributed by atoms with Crippen LogP contribution in [0.4, 0.5) is 10.1 Å². The fourth-order valence-corrected chi connectivity index (χ4v) is 4.76. The third kappa shape index (κ3) is 4.25. The average molecular weight is 434 g/mol. The Bertz CT molecular complexity index is 1170. The van der Waals surface area contributed by atoms with E-state index in [2.05, 4.69) is 4.98 Å². The van der Waals surface area contributed by atoms with Crippen LogP contribution in [0.25, 0.3) is 10.9 Å². The number of halogens is 1. The van der Waals surface area contributed by atoms with Crippen LogP contribution in [0.15, 0.2) is 42.6 Å². The fraction of sp³-hybridized carbons (Fsp3) is 0.286. The van der Waals surface area contributed by atoms with Crippen molar-refractivity contribution in [3.8, 4) is 11.5 Å². The van der Waals surface area contributed by atoms with Crippen LogP contribution in [0.3, 0.4) is 0 Å². The second kappa shape index (κ2) is 8.74. The maximum absolute atomic E-state index is 14.2. The number of hydrogen-bond donors (Lipinski definition) is 1. The van der Waals surface area contributed by atoms with Crippen molar-refractivity contribution in [3.05, 3.63) is 54.0 Å². The summed E-state index contributed by atoms with van der Waals surface area (Å²) in [6.45, 7) is 1.70. The fourth-order valence-electron chi connectivity index (χ4n) is 3.26. The van der Waals surface area contributed by atoms with Crippen LogP contribution in [0, 0.1) is 5.82 Å². The Balaban J connectivity index is 2.02. The number of hydrogen-bond acceptors (Lipinski definition) is 5. The molecule has 1 N–H and O–H groups in total. The number of carbonyl (C=O) groups excluding carboxylic acids is 1. The summed E-state index contributed by atoms with van der Waals surface area (Å²) in [7, 11) is -1.15. The summed E-state index contributed by atoms with van der Waals surface area (Å²) in [6, 6.07) is 9.00. The minimum Gasteiger partial charge on any atom is -0.497 e. The highest BCUT2D eigenvalue weighted by Gasteiger charge is 2.30. The van der Waals surface area contributed by atoms with Gasteiger partial charge in [-0.25, -0.2) is 17.1 Å². The molecular formula is C21H23FN2O5S. The first-order chi connectivity index (χ1) is 14.3. The molecule has 0 unspecified atom stereocenters. The number of benzene rings is 2. The highest BCUT2D eigenvalue weighted by molar-refractivity contribution is 7.93. The number of nitrogens with one attached hydrogen (secondary N) is 1. The first-order valence-electron chi connectivity index (χ1n) is 9.34. The Labute approximate surface area is 174 Å². The zero-order chi connectivity index (χ0) is 21.9. The minimum absolute atomic E-state index is 0.0391. The normalized spacial score (nSPS) is 11.5. The van der Waals surface area contributed by atoms with Crippen molar-refractivity contribution in [1.29, 1.82) is 0 Å². The van der Waals surface area contributed by atoms with E-state index < -0.39 is 21.7 Å². The molecule has 1 amide bonds. The zero-order valence-corrected chi connectivity index (χ0v) is 17.8. The van der Waals surface area contributed by atoms with Crippen molar-refractivity contribution < 1.29 is 27.1 Å². The maximum Gasteiger partial charge on any atom is 0.245 e. The summed E-state index contributed by atoms with van der Waals surface area (Å²) in [4.78, 5) is 16.2. The van der Waals surface area contributed by atoms with E-state index in [4.69, 9.17) is 9.47 Å². The van der Waals surface area contributed by atoms with Gasteiger partial charge < -0.3 is 14.5 Å². The van der Waals surface area contributed by atoms with Gasteiger partial charge in [0, 0.05) is 23.2 Å². The summed E-state index contributed by atoms with van der Waals surface area (Å²) >= 11 is 0. The van der Waals surface area contributed by atoms with Crippen LogP contribution in [0.2, 0.25) is 0 Å². The second-order valence-electron chi connectivity index (χ2n) is 6.70. The lowest BCUT2D eigenvalue weighted by Gasteiger charge is -2.23. The smallest absolute Gasteiger partial charge is 0.245 e. The number of methoxy groups -OCH3 is 2. The number of anilines is 1. The van der Waals surface area contributed by atoms with Crippen LogP contribution in [0.5, 0.6) is 11.5 Å². The topological polar surface area (TPSA) is 88.7 Å². The molecule has 0 spiro atoms. The number of carbonyl (C=O) groups is 1. The van der Waals surface area contributed by atoms with E-state index in [0.717, 1.165) is 17.0 Å². The first kappa shape index (κ1) is 21.6. The maximum atomic E-state index is 14.2. The molecule has 0 saturated carbocycles. The minimum atomic E-state index is -3.99. The quantitative estimate of drug-likeness (QED) is 0.585. The predicted molar refractivity (Wildman–Crippen MR) is 113 cm³/mol. The molecule has 0 aliphatic rings. The van der Waals surface area contributed by atoms with Gasteiger partial charge in [-0.3, -0.25) is 4.79 Å². The number of amides is 1. The van der Waals surface area contributed by atoms with Gasteiger partial charge in [0.15, 0.2) is 11.6 Å². The number of sulfonamides is 1. The van der Waals surface area contributed by atoms with Gasteiger partial charge in [0.2, 0.25) is 15.9 Å². The van der Waals surface area contributed by atoms with Gasteiger partial charge in [0.1, 0.15) is 5.75 Å². The molecule has 1 aromatic heterocycles. The van der Waals surface area contributed by atoms with Gasteiger partial charge in [0.25, 0.3) is 0 Å². The molecule has 160 valence electrons. The third-order valence-electron chi connectivity index (χ3n) is 4.65. The number of rotatable bonds is 8. The summed E-state index contributed by atoms with van der Waals surface area (Å²) in [5.41, 5.74) is 1.33. The molecule has 0 aliphatic carbocycles. The lowest BCUT2D eigenvalue weighted by molar-refractivity contribution is -0.116. The zero-order valence-electron chi connectivity index (χ0n) is 16.9. The average Bonchev–Trinajstić information content (AvgIpc) is 3.09. The molecule has 9 heteroatoms. The molecule has 0 saturated heterocycles. The first-order valence-corrected chi connectivity index (χ1v) is 10.9. The molecule has 7 nitrogen and oxygen atoms in total. The molecular weight excluding hydrogens is 411 g/mol. The van der Waals surface area contributed by atoms with E-state index in [0.29, 0.717) is 22.0 Å². The standard InChI is InChI=1S/C21H23FN2O5S/c1-4-9-30(26,27)24(15-5-8-20(29-3)18(22)11-15)21(25)10-14-13-23-19-7-6-16(28-2)12-17(14)19/h5-8,11-13,23H,4,9-10H2,1-3H3. The van der Waals surface area contributed by atoms with Crippen molar-refractivity contribution in [1.82, 2.24) is 4.98 Å². The summed E-state index contributed by atoms with van der Waals surface area (Å²) in [6.07, 6.45) is 1.78. The van der Waals surface area contributed by atoms with E-state index in [1.807, 2.05) is 6.07 Å². The van der Waals surface area contributed by atoms with Gasteiger partial charge in [-0.2, -0.15) is 0 Å². The number of aromatic nitrogens is 1. The van der Waals surface area contributed by atoms with E-state index in [1.165, 1.54) is 26.4 Å². The van der Waals surface area contributed by atoms with Crippen LogP contribution in [-0.2, 0) is 21.2 Å². The lowest BCUT2D eigenvalue weighted by atomic mass is 10.1. The van der Waals surface area contributed by atoms with Crippen molar-refractivity contribution in [2.24, 2.45) is 0 Å². The van der Waals surface area contributed by atoms with Crippen molar-refractivity contribution in [2.75, 3.05) is 24.3 Å². The summed E-state index contributed by atoms with van der Waals surface area (Å²) in [5.74, 6) is -1.10. The highest BCUT2D eigenvalue weighted by Crippen LogP contribution is 2.28. The van der Waals surface area contributed by atoms with Crippen LogP contribution in [0.1, 0.15) is 18.9 Å². The molecule has 0 bridgehead atoms. The molecule has 3 rings (SSSR count). The van der Waals surface area contributed by atoms with E-state index in [1.54, 1.807) is 25.3 Å². The Morgan fingerprint density at radius 3 is 2.53 bits per heavy atom. The molecule has 2 aromatic carbocycles. The molecule has 1 heterocycles. The van der Waals surface area contributed by atoms with Gasteiger partial charge >= 0.3 is 0 Å². The number of fused-ring (bicyclic) bond motifs is 1. The number of nitrogens with zero attached hydrogens (tertiary/aromatic N) is 1. The SMILES string of the molecule is CCCS(=O)(=O)N(C(=O)Cc1c[nH]c2ccc(OC)cc12)c1ccc(OC)c(F)c1. The Morgan fingerprint density at radius 2 is 1.90 bits per heavy atom. The largest absolute Gasteiger partial charge is 0.497 e. The summed E-state index contributed by atoms with van der Waals surface area (Å²) in [5, 5.41) is 0.747. The van der Waals surface area contributed by atoms with E-state index in [9.17, 15) is 17.6 Å². The Kier molecular flexibility index (Phi) is 6.31. The van der Waals surface area contributed by atoms with Crippen molar-refractivity contribution in [3.63, 3.8) is 0 Å². The molecule has 0 radical (unpaired) electrons. The molecule has 0 atom stereocenters. The number of H-pyrrole nitrogens is 1. The molecule has 0 fully saturated rings. The van der Waals surface area contributed by atoms with Gasteiger partial charge in [-0.1, -0.05) is 6.92 Å². The van der Waals surface area contributed by atoms with E-state index >= 15 is 0 Å². The van der Waals surface area contributed by atoms with Crippen molar-refractivity contribution >= 4 is 32.5 Å². The van der Waals surface area contributed by atoms with Crippen LogP contribution >= 0.6 is 0 Å². The van der Waals surface area contributed by atoms with E-state index in [-0.39, 0.29) is 23.6 Å². The summed E-state index contributed by atoms with van der Waals surface area (Å²) < 4.78 is 50.7. The molecule has 3 aromatic rings. The predicted octanol–water partition coefficient (Wildman–Crippen LogP) is 3.64.